The van der Waals surface area contributed by atoms with Crippen LogP contribution in [0.5, 0.6) is 0 Å². The maximum Gasteiger partial charge on any atom is 0.255 e. The Morgan fingerprint density at radius 1 is 1.08 bits per heavy atom. The van der Waals surface area contributed by atoms with E-state index in [2.05, 4.69) is 27.2 Å². The molecule has 1 amide bonds. The molecule has 7 nitrogen and oxygen atoms in total. The van der Waals surface area contributed by atoms with E-state index in [0.29, 0.717) is 34.8 Å². The van der Waals surface area contributed by atoms with Gasteiger partial charge in [-0.2, -0.15) is 0 Å². The van der Waals surface area contributed by atoms with E-state index in [0.717, 1.165) is 22.4 Å². The second-order valence-corrected chi connectivity index (χ2v) is 8.26. The normalized spacial score (nSPS) is 10.6. The van der Waals surface area contributed by atoms with Gasteiger partial charge in [0.15, 0.2) is 5.82 Å². The number of aliphatic hydroxyl groups excluding tert-OH is 1. The van der Waals surface area contributed by atoms with Crippen LogP contribution in [0.1, 0.15) is 27.2 Å². The summed E-state index contributed by atoms with van der Waals surface area (Å²) in [7, 11) is 0. The van der Waals surface area contributed by atoms with E-state index in [1.54, 1.807) is 30.5 Å². The molecule has 8 heteroatoms. The topological polar surface area (TPSA) is 113 Å². The summed E-state index contributed by atoms with van der Waals surface area (Å²) in [5.41, 5.74) is 11.8. The molecular weight excluding hydrogens is 457 g/mol. The molecule has 36 heavy (non-hydrogen) atoms. The lowest BCUT2D eigenvalue weighted by Gasteiger charge is -2.15. The second kappa shape index (κ2) is 10.8. The lowest BCUT2D eigenvalue weighted by molar-refractivity contribution is 0.102. The number of carbonyl (C=O) groups excluding carboxylic acids is 1. The van der Waals surface area contributed by atoms with Crippen LogP contribution < -0.4 is 16.4 Å². The van der Waals surface area contributed by atoms with Crippen LogP contribution in [0.4, 0.5) is 21.6 Å². The van der Waals surface area contributed by atoms with E-state index in [-0.39, 0.29) is 18.3 Å². The van der Waals surface area contributed by atoms with E-state index in [1.165, 1.54) is 18.2 Å². The van der Waals surface area contributed by atoms with Crippen LogP contribution in [-0.2, 0) is 6.42 Å². The first-order chi connectivity index (χ1) is 17.3. The molecule has 0 saturated carbocycles. The van der Waals surface area contributed by atoms with Gasteiger partial charge in [-0.15, -0.1) is 0 Å². The smallest absolute Gasteiger partial charge is 0.255 e. The summed E-state index contributed by atoms with van der Waals surface area (Å²) in [4.78, 5) is 21.5. The van der Waals surface area contributed by atoms with Gasteiger partial charge in [-0.1, -0.05) is 30.8 Å². The highest BCUT2D eigenvalue weighted by atomic mass is 19.1. The first-order valence-corrected chi connectivity index (χ1v) is 11.3. The zero-order chi connectivity index (χ0) is 25.7. The zero-order valence-electron chi connectivity index (χ0n) is 19.8. The number of benzene rings is 3. The van der Waals surface area contributed by atoms with Crippen LogP contribution in [-0.4, -0.2) is 27.6 Å². The van der Waals surface area contributed by atoms with Crippen molar-refractivity contribution < 1.29 is 14.3 Å². The minimum Gasteiger partial charge on any atom is -0.396 e. The number of nitrogen functional groups attached to an aromatic ring is 1. The van der Waals surface area contributed by atoms with Crippen LogP contribution >= 0.6 is 0 Å². The number of aromatic nitrogens is 2. The van der Waals surface area contributed by atoms with E-state index >= 15 is 0 Å². The number of anilines is 3. The largest absolute Gasteiger partial charge is 0.396 e. The molecule has 0 atom stereocenters. The number of aryl methyl sites for hydroxylation is 1. The van der Waals surface area contributed by atoms with Gasteiger partial charge in [0.1, 0.15) is 11.5 Å². The predicted octanol–water partition coefficient (Wildman–Crippen LogP) is 5.04. The molecule has 0 aliphatic heterocycles. The van der Waals surface area contributed by atoms with Gasteiger partial charge < -0.3 is 21.5 Å². The maximum absolute atomic E-state index is 13.4. The van der Waals surface area contributed by atoms with E-state index in [9.17, 15) is 14.3 Å². The van der Waals surface area contributed by atoms with Crippen LogP contribution in [0.3, 0.4) is 0 Å². The molecule has 3 aromatic carbocycles. The van der Waals surface area contributed by atoms with Crippen LogP contribution in [0.15, 0.2) is 79.5 Å². The molecule has 1 aromatic heterocycles. The molecule has 0 radical (unpaired) electrons. The fourth-order valence-electron chi connectivity index (χ4n) is 3.71. The molecule has 0 spiro atoms. The Morgan fingerprint density at radius 3 is 2.64 bits per heavy atom. The Hall–Kier alpha value is -4.56. The van der Waals surface area contributed by atoms with Gasteiger partial charge in [0.2, 0.25) is 0 Å². The van der Waals surface area contributed by atoms with E-state index < -0.39 is 5.82 Å². The molecule has 4 rings (SSSR count). The summed E-state index contributed by atoms with van der Waals surface area (Å²) in [6.07, 6.45) is 2.15. The number of halogens is 1. The molecular formula is C28H26FN5O2. The highest BCUT2D eigenvalue weighted by molar-refractivity contribution is 6.04. The Labute approximate surface area is 208 Å². The minimum absolute atomic E-state index is 0.0629. The lowest BCUT2D eigenvalue weighted by atomic mass is 10.1. The van der Waals surface area contributed by atoms with Gasteiger partial charge >= 0.3 is 0 Å². The molecule has 5 N–H and O–H groups in total. The number of nitrogens with zero attached hydrogens (tertiary/aromatic N) is 2. The summed E-state index contributed by atoms with van der Waals surface area (Å²) < 4.78 is 13.4. The number of nitrogens with two attached hydrogens (primary N) is 1. The number of hydrogen-bond donors (Lipinski definition) is 4. The molecule has 1 heterocycles. The molecule has 0 saturated heterocycles. The Bertz CT molecular complexity index is 1440. The van der Waals surface area contributed by atoms with Crippen molar-refractivity contribution in [3.05, 3.63) is 108 Å². The average Bonchev–Trinajstić information content (AvgIpc) is 2.86. The van der Waals surface area contributed by atoms with E-state index in [1.807, 2.05) is 31.2 Å². The molecule has 0 aliphatic carbocycles. The lowest BCUT2D eigenvalue weighted by Crippen LogP contribution is -2.13. The van der Waals surface area contributed by atoms with Gasteiger partial charge in [0.25, 0.3) is 5.91 Å². The third kappa shape index (κ3) is 5.73. The highest BCUT2D eigenvalue weighted by Gasteiger charge is 2.13. The Morgan fingerprint density at radius 2 is 1.89 bits per heavy atom. The summed E-state index contributed by atoms with van der Waals surface area (Å²) in [5.74, 6) is -0.543. The predicted molar refractivity (Wildman–Crippen MR) is 141 cm³/mol. The number of rotatable bonds is 8. The summed E-state index contributed by atoms with van der Waals surface area (Å²) in [6, 6.07) is 18.6. The molecule has 4 aromatic rings. The molecule has 182 valence electrons. The fraction of sp³-hybridized carbons (Fsp3) is 0.107. The van der Waals surface area contributed by atoms with Crippen molar-refractivity contribution in [1.82, 2.24) is 9.97 Å². The minimum atomic E-state index is -0.425. The first kappa shape index (κ1) is 24.6. The standard InChI is InChI=1S/C28H26FN5O2/c1-17-13-21(28(36)33-23-8-4-7-22(29)15-23)9-10-24(17)32-18(2)26-27(30)31-16-25(34-26)20-6-3-5-19(14-20)11-12-35/h3-10,13-16,32,35H,2,11-12H2,1H3,(H2,30,31)(H,33,36). The van der Waals surface area contributed by atoms with Gasteiger partial charge in [-0.3, -0.25) is 4.79 Å². The summed E-state index contributed by atoms with van der Waals surface area (Å²) >= 11 is 0. The van der Waals surface area contributed by atoms with Gasteiger partial charge in [0, 0.05) is 29.1 Å². The van der Waals surface area contributed by atoms with Gasteiger partial charge in [-0.05, 0) is 66.9 Å². The summed E-state index contributed by atoms with van der Waals surface area (Å²) in [5, 5.41) is 15.1. The van der Waals surface area contributed by atoms with Crippen molar-refractivity contribution in [2.75, 3.05) is 23.0 Å². The third-order valence-corrected chi connectivity index (χ3v) is 5.57. The van der Waals surface area contributed by atoms with Crippen LogP contribution in [0.25, 0.3) is 17.0 Å². The maximum atomic E-state index is 13.4. The fourth-order valence-corrected chi connectivity index (χ4v) is 3.71. The van der Waals surface area contributed by atoms with Crippen molar-refractivity contribution in [1.29, 1.82) is 0 Å². The summed E-state index contributed by atoms with van der Waals surface area (Å²) in [6.45, 7) is 6.00. The molecule has 0 unspecified atom stereocenters. The van der Waals surface area contributed by atoms with Crippen molar-refractivity contribution in [2.24, 2.45) is 0 Å². The Balaban J connectivity index is 1.51. The SMILES string of the molecule is C=C(Nc1ccc(C(=O)Nc2cccc(F)c2)cc1C)c1nc(-c2cccc(CCO)c2)cnc1N. The number of aliphatic hydroxyl groups is 1. The molecule has 0 aliphatic rings. The van der Waals surface area contributed by atoms with Crippen molar-refractivity contribution in [2.45, 2.75) is 13.3 Å². The van der Waals surface area contributed by atoms with Gasteiger partial charge in [0.05, 0.1) is 17.6 Å². The van der Waals surface area contributed by atoms with Crippen LogP contribution in [0.2, 0.25) is 0 Å². The van der Waals surface area contributed by atoms with Crippen molar-refractivity contribution in [3.63, 3.8) is 0 Å². The third-order valence-electron chi connectivity index (χ3n) is 5.57. The molecule has 0 fully saturated rings. The van der Waals surface area contributed by atoms with Crippen molar-refractivity contribution >= 4 is 28.8 Å². The quantitative estimate of drug-likeness (QED) is 0.279. The zero-order valence-corrected chi connectivity index (χ0v) is 19.8. The first-order valence-electron chi connectivity index (χ1n) is 11.3. The molecule has 0 bridgehead atoms. The number of nitrogens with one attached hydrogen (secondary N) is 2. The van der Waals surface area contributed by atoms with Crippen molar-refractivity contribution in [3.8, 4) is 11.3 Å². The second-order valence-electron chi connectivity index (χ2n) is 8.26. The van der Waals surface area contributed by atoms with Crippen LogP contribution in [0, 0.1) is 12.7 Å². The van der Waals surface area contributed by atoms with Gasteiger partial charge in [-0.25, -0.2) is 14.4 Å². The number of carbonyl (C=O) groups is 1. The number of hydrogen-bond acceptors (Lipinski definition) is 6. The number of amides is 1. The monoisotopic (exact) mass is 483 g/mol. The van der Waals surface area contributed by atoms with E-state index in [4.69, 9.17) is 5.73 Å². The average molecular weight is 484 g/mol. The Kier molecular flexibility index (Phi) is 7.36. The highest BCUT2D eigenvalue weighted by Crippen LogP contribution is 2.26.